The maximum absolute atomic E-state index is 12.6. The molecule has 3 heterocycles. The number of para-hydroxylation sites is 1. The molecule has 0 radical (unpaired) electrons. The Morgan fingerprint density at radius 2 is 1.39 bits per heavy atom. The molecule has 1 fully saturated rings. The Morgan fingerprint density at radius 3 is 2.00 bits per heavy atom. The number of ether oxygens (including phenoxy) is 1. The highest BCUT2D eigenvalue weighted by atomic mass is 16.5. The highest BCUT2D eigenvalue weighted by Gasteiger charge is 2.48. The van der Waals surface area contributed by atoms with Gasteiger partial charge in [-0.1, -0.05) is 84.9 Å². The number of aromatic nitrogens is 1. The van der Waals surface area contributed by atoms with E-state index >= 15 is 0 Å². The molecule has 2 aliphatic heterocycles. The maximum atomic E-state index is 12.6. The molecule has 1 aromatic heterocycles. The largest absolute Gasteiger partial charge is 0.452 e. The number of H-pyrrole nitrogens is 1. The van der Waals surface area contributed by atoms with Crippen molar-refractivity contribution < 1.29 is 9.53 Å². The van der Waals surface area contributed by atoms with Gasteiger partial charge in [-0.2, -0.15) is 0 Å². The Balaban J connectivity index is 1.49. The summed E-state index contributed by atoms with van der Waals surface area (Å²) >= 11 is 0. The fraction of sp³-hybridized carbons (Fsp3) is 0.219. The number of hydrogen-bond acceptors (Lipinski definition) is 4. The number of rotatable bonds is 4. The van der Waals surface area contributed by atoms with Gasteiger partial charge >= 0.3 is 6.09 Å². The molecule has 3 aromatic carbocycles. The van der Waals surface area contributed by atoms with E-state index < -0.39 is 6.09 Å². The molecule has 3 atom stereocenters. The van der Waals surface area contributed by atoms with Crippen molar-refractivity contribution in [1.29, 1.82) is 0 Å². The van der Waals surface area contributed by atoms with E-state index in [1.807, 2.05) is 18.5 Å². The van der Waals surface area contributed by atoms with Crippen molar-refractivity contribution in [3.8, 4) is 0 Å². The van der Waals surface area contributed by atoms with Crippen molar-refractivity contribution in [2.24, 2.45) is 0 Å². The van der Waals surface area contributed by atoms with E-state index in [9.17, 15) is 4.79 Å². The van der Waals surface area contributed by atoms with Crippen LogP contribution in [0.2, 0.25) is 0 Å². The van der Waals surface area contributed by atoms with Crippen molar-refractivity contribution in [2.75, 3.05) is 21.2 Å². The van der Waals surface area contributed by atoms with Crippen LogP contribution in [0.1, 0.15) is 34.7 Å². The minimum absolute atomic E-state index is 0.0205. The number of amides is 1. The van der Waals surface area contributed by atoms with Crippen LogP contribution in [0.25, 0.3) is 10.9 Å². The number of nitrogens with one attached hydrogen (secondary N) is 1. The fourth-order valence-electron chi connectivity index (χ4n) is 6.30. The number of likely N-dealkylation sites (N-methyl/N-ethyl adjacent to an activating group) is 2. The molecular weight excluding hydrogens is 472 g/mol. The lowest BCUT2D eigenvalue weighted by Gasteiger charge is -2.35. The molecule has 1 saturated heterocycles. The summed E-state index contributed by atoms with van der Waals surface area (Å²) in [5.41, 5.74) is 5.93. The van der Waals surface area contributed by atoms with Gasteiger partial charge in [-0.3, -0.25) is 14.7 Å². The van der Waals surface area contributed by atoms with E-state index in [0.717, 1.165) is 11.1 Å². The third-order valence-electron chi connectivity index (χ3n) is 7.96. The van der Waals surface area contributed by atoms with Crippen LogP contribution in [0.5, 0.6) is 0 Å². The smallest absolute Gasteiger partial charge is 0.417 e. The summed E-state index contributed by atoms with van der Waals surface area (Å²) in [6.45, 7) is 0. The van der Waals surface area contributed by atoms with Crippen LogP contribution < -0.4 is 0 Å². The molecule has 0 spiro atoms. The van der Waals surface area contributed by atoms with Crippen LogP contribution in [-0.2, 0) is 4.74 Å². The van der Waals surface area contributed by atoms with Crippen LogP contribution in [0, 0.1) is 0 Å². The van der Waals surface area contributed by atoms with E-state index in [1.54, 1.807) is 4.90 Å². The van der Waals surface area contributed by atoms with Gasteiger partial charge in [-0.25, -0.2) is 4.79 Å². The number of carbonyl (C=O) groups excluding carboxylic acids is 1. The first-order valence-corrected chi connectivity index (χ1v) is 12.9. The summed E-state index contributed by atoms with van der Waals surface area (Å²) in [6.07, 6.45) is 7.52. The standard InChI is InChI=1S/C32H32N4O2/c1-34-29(22-12-6-4-7-13-22)30(23-14-8-5-9-15-23)35(2)31(34)27-21-36(32(37)38-3)19-18-24(27)26-20-33-28-17-11-10-16-25(26)28/h4-21,24,29-31,33H,1-3H3/t24-,29+,30+/m1/s1. The Morgan fingerprint density at radius 1 is 0.816 bits per heavy atom. The second-order valence-corrected chi connectivity index (χ2v) is 10.0. The molecule has 0 unspecified atom stereocenters. The minimum atomic E-state index is -0.404. The van der Waals surface area contributed by atoms with Gasteiger partial charge in [0, 0.05) is 35.4 Å². The van der Waals surface area contributed by atoms with Crippen LogP contribution in [-0.4, -0.2) is 53.1 Å². The lowest BCUT2D eigenvalue weighted by molar-refractivity contribution is 0.148. The third-order valence-corrected chi connectivity index (χ3v) is 7.96. The average molecular weight is 505 g/mol. The van der Waals surface area contributed by atoms with Gasteiger partial charge in [0.05, 0.1) is 25.4 Å². The van der Waals surface area contributed by atoms with E-state index in [-0.39, 0.29) is 24.2 Å². The van der Waals surface area contributed by atoms with Gasteiger partial charge < -0.3 is 9.72 Å². The summed E-state index contributed by atoms with van der Waals surface area (Å²) in [4.78, 5) is 22.5. The van der Waals surface area contributed by atoms with Crippen LogP contribution in [0.4, 0.5) is 4.79 Å². The molecule has 38 heavy (non-hydrogen) atoms. The summed E-state index contributed by atoms with van der Waals surface area (Å²) in [5.74, 6) is -0.0205. The summed E-state index contributed by atoms with van der Waals surface area (Å²) in [6, 6.07) is 30.0. The fourth-order valence-corrected chi connectivity index (χ4v) is 6.30. The first-order valence-electron chi connectivity index (χ1n) is 12.9. The number of benzene rings is 3. The second-order valence-electron chi connectivity index (χ2n) is 10.0. The number of methoxy groups -OCH3 is 1. The lowest BCUT2D eigenvalue weighted by atomic mass is 9.87. The van der Waals surface area contributed by atoms with Crippen LogP contribution >= 0.6 is 0 Å². The molecule has 4 aromatic rings. The summed E-state index contributed by atoms with van der Waals surface area (Å²) < 4.78 is 5.09. The summed E-state index contributed by atoms with van der Waals surface area (Å²) in [5, 5.41) is 1.18. The number of fused-ring (bicyclic) bond motifs is 1. The van der Waals surface area contributed by atoms with Crippen molar-refractivity contribution in [3.05, 3.63) is 132 Å². The lowest BCUT2D eigenvalue weighted by Crippen LogP contribution is -2.40. The van der Waals surface area contributed by atoms with Gasteiger partial charge in [0.25, 0.3) is 0 Å². The third kappa shape index (κ3) is 4.02. The summed E-state index contributed by atoms with van der Waals surface area (Å²) in [7, 11) is 5.80. The zero-order valence-corrected chi connectivity index (χ0v) is 21.9. The Labute approximate surface area is 223 Å². The number of carbonyl (C=O) groups is 1. The SMILES string of the molecule is COC(=O)N1C=C[C@H](c2c[nH]c3ccccc23)C(C2N(C)[C@@H](c3ccccc3)[C@H](c3ccccc3)N2C)=C1. The Kier molecular flexibility index (Phi) is 6.35. The number of allylic oxidation sites excluding steroid dienone is 1. The molecule has 0 bridgehead atoms. The molecule has 1 N–H and O–H groups in total. The Bertz CT molecular complexity index is 1440. The zero-order chi connectivity index (χ0) is 26.2. The molecule has 0 saturated carbocycles. The molecular formula is C32H32N4O2. The van der Waals surface area contributed by atoms with E-state index in [2.05, 4.69) is 120 Å². The van der Waals surface area contributed by atoms with Gasteiger partial charge in [0.2, 0.25) is 0 Å². The van der Waals surface area contributed by atoms with Crippen molar-refractivity contribution in [3.63, 3.8) is 0 Å². The van der Waals surface area contributed by atoms with E-state index in [1.165, 1.54) is 29.2 Å². The van der Waals surface area contributed by atoms with Crippen molar-refractivity contribution in [2.45, 2.75) is 24.2 Å². The second kappa shape index (κ2) is 9.97. The first kappa shape index (κ1) is 24.2. The van der Waals surface area contributed by atoms with E-state index in [4.69, 9.17) is 4.74 Å². The quantitative estimate of drug-likeness (QED) is 0.349. The van der Waals surface area contributed by atoms with Gasteiger partial charge in [0.15, 0.2) is 0 Å². The predicted octanol–water partition coefficient (Wildman–Crippen LogP) is 6.42. The van der Waals surface area contributed by atoms with Gasteiger partial charge in [-0.15, -0.1) is 0 Å². The van der Waals surface area contributed by atoms with Gasteiger partial charge in [-0.05, 0) is 42.4 Å². The van der Waals surface area contributed by atoms with Crippen LogP contribution in [0.3, 0.4) is 0 Å². The Hall–Kier alpha value is -4.13. The molecule has 6 rings (SSSR count). The monoisotopic (exact) mass is 504 g/mol. The normalized spacial score (nSPS) is 22.7. The first-order chi connectivity index (χ1) is 18.6. The molecule has 192 valence electrons. The highest BCUT2D eigenvalue weighted by molar-refractivity contribution is 5.84. The molecule has 6 heteroatoms. The highest BCUT2D eigenvalue weighted by Crippen LogP contribution is 2.50. The minimum Gasteiger partial charge on any atom is -0.452 e. The van der Waals surface area contributed by atoms with Gasteiger partial charge in [0.1, 0.15) is 0 Å². The molecule has 0 aliphatic carbocycles. The topological polar surface area (TPSA) is 51.8 Å². The molecule has 6 nitrogen and oxygen atoms in total. The van der Waals surface area contributed by atoms with Crippen LogP contribution in [0.15, 0.2) is 115 Å². The molecule has 2 aliphatic rings. The zero-order valence-electron chi connectivity index (χ0n) is 21.9. The molecule has 1 amide bonds. The van der Waals surface area contributed by atoms with E-state index in [0.29, 0.717) is 0 Å². The maximum Gasteiger partial charge on any atom is 0.417 e. The van der Waals surface area contributed by atoms with Crippen molar-refractivity contribution in [1.82, 2.24) is 19.7 Å². The number of hydrogen-bond donors (Lipinski definition) is 1. The predicted molar refractivity (Wildman–Crippen MR) is 150 cm³/mol. The van der Waals surface area contributed by atoms with Crippen molar-refractivity contribution >= 4 is 17.0 Å². The number of aromatic amines is 1. The average Bonchev–Trinajstić information content (AvgIpc) is 3.51. The number of nitrogens with zero attached hydrogens (tertiary/aromatic N) is 3.